The molecule has 0 spiro atoms. The van der Waals surface area contributed by atoms with Crippen molar-refractivity contribution < 1.29 is 18.0 Å². The van der Waals surface area contributed by atoms with E-state index in [1.54, 1.807) is 12.4 Å². The largest absolute Gasteiger partial charge is 0.395 e. The van der Waals surface area contributed by atoms with Crippen molar-refractivity contribution in [3.63, 3.8) is 0 Å². The number of alkyl halides is 3. The van der Waals surface area contributed by atoms with Crippen LogP contribution in [0.3, 0.4) is 0 Å². The van der Waals surface area contributed by atoms with Gasteiger partial charge in [-0.1, -0.05) is 0 Å². The number of rotatable bonds is 5. The Bertz CT molecular complexity index is 1290. The number of carbonyl (C=O) groups excluding carboxylic acids is 1. The van der Waals surface area contributed by atoms with Gasteiger partial charge in [0, 0.05) is 43.3 Å². The molecule has 0 bridgehead atoms. The second-order valence-electron chi connectivity index (χ2n) is 10.2. The first-order chi connectivity index (χ1) is 17.3. The molecule has 2 fully saturated rings. The fourth-order valence-electron chi connectivity index (χ4n) is 5.34. The zero-order valence-corrected chi connectivity index (χ0v) is 19.8. The molecular formula is C25H28F3N7O. The van der Waals surface area contributed by atoms with Gasteiger partial charge in [-0.05, 0) is 56.3 Å². The molecule has 3 aromatic rings. The van der Waals surface area contributed by atoms with Crippen LogP contribution in [0.2, 0.25) is 0 Å². The molecule has 6 rings (SSSR count). The zero-order chi connectivity index (χ0) is 24.9. The highest BCUT2D eigenvalue weighted by molar-refractivity contribution is 5.94. The second-order valence-corrected chi connectivity index (χ2v) is 10.2. The van der Waals surface area contributed by atoms with Crippen LogP contribution < -0.4 is 10.6 Å². The number of piperidine rings is 1. The Morgan fingerprint density at radius 1 is 1.06 bits per heavy atom. The molecule has 3 aliphatic rings. The third-order valence-corrected chi connectivity index (χ3v) is 7.79. The van der Waals surface area contributed by atoms with Gasteiger partial charge in [0.05, 0.1) is 29.5 Å². The number of nitrogens with zero attached hydrogens (tertiary/aromatic N) is 5. The van der Waals surface area contributed by atoms with E-state index in [0.717, 1.165) is 47.6 Å². The monoisotopic (exact) mass is 499 g/mol. The Kier molecular flexibility index (Phi) is 5.71. The number of anilines is 1. The molecule has 11 heteroatoms. The van der Waals surface area contributed by atoms with E-state index in [4.69, 9.17) is 0 Å². The molecule has 36 heavy (non-hydrogen) atoms. The van der Waals surface area contributed by atoms with E-state index < -0.39 is 11.6 Å². The third-order valence-electron chi connectivity index (χ3n) is 7.79. The number of amides is 1. The van der Waals surface area contributed by atoms with Gasteiger partial charge in [0.2, 0.25) is 5.91 Å². The molecule has 0 atom stereocenters. The maximum Gasteiger partial charge on any atom is 0.395 e. The molecule has 8 nitrogen and oxygen atoms in total. The fourth-order valence-corrected chi connectivity index (χ4v) is 5.34. The summed E-state index contributed by atoms with van der Waals surface area (Å²) in [5.74, 6) is 1.07. The van der Waals surface area contributed by atoms with Gasteiger partial charge in [0.15, 0.2) is 0 Å². The molecule has 1 saturated heterocycles. The molecule has 3 aromatic heterocycles. The lowest BCUT2D eigenvalue weighted by molar-refractivity contribution is -0.192. The van der Waals surface area contributed by atoms with Crippen molar-refractivity contribution >= 4 is 22.5 Å². The highest BCUT2D eigenvalue weighted by Gasteiger charge is 2.63. The molecule has 0 radical (unpaired) electrons. The summed E-state index contributed by atoms with van der Waals surface area (Å²) in [6.07, 6.45) is 2.66. The number of imidazole rings is 1. The number of fused-ring (bicyclic) bond motifs is 2. The minimum absolute atomic E-state index is 0.0460. The molecule has 190 valence electrons. The van der Waals surface area contributed by atoms with E-state index in [1.165, 1.54) is 0 Å². The number of aromatic nitrogens is 4. The number of hydrogen-bond donors (Lipinski definition) is 2. The first-order valence-electron chi connectivity index (χ1n) is 12.4. The van der Waals surface area contributed by atoms with Crippen LogP contribution >= 0.6 is 0 Å². The summed E-state index contributed by atoms with van der Waals surface area (Å²) >= 11 is 0. The smallest absolute Gasteiger partial charge is 0.324 e. The second kappa shape index (κ2) is 8.81. The number of hydrogen-bond acceptors (Lipinski definition) is 6. The molecule has 2 aliphatic heterocycles. The van der Waals surface area contributed by atoms with Gasteiger partial charge in [-0.3, -0.25) is 9.78 Å². The van der Waals surface area contributed by atoms with E-state index >= 15 is 0 Å². The third kappa shape index (κ3) is 4.34. The molecule has 2 N–H and O–H groups in total. The minimum atomic E-state index is -4.15. The predicted octanol–water partition coefficient (Wildman–Crippen LogP) is 3.59. The quantitative estimate of drug-likeness (QED) is 0.558. The normalized spacial score (nSPS) is 20.3. The van der Waals surface area contributed by atoms with Crippen molar-refractivity contribution in [2.75, 3.05) is 31.5 Å². The number of halogens is 3. The van der Waals surface area contributed by atoms with Crippen LogP contribution in [0.25, 0.3) is 22.2 Å². The molecular weight excluding hydrogens is 471 g/mol. The highest BCUT2D eigenvalue weighted by Crippen LogP contribution is 2.58. The number of pyridine rings is 2. The Morgan fingerprint density at radius 3 is 2.58 bits per heavy atom. The summed E-state index contributed by atoms with van der Waals surface area (Å²) in [5.41, 5.74) is 0.241. The average Bonchev–Trinajstić information content (AvgIpc) is 3.54. The van der Waals surface area contributed by atoms with E-state index in [9.17, 15) is 18.0 Å². The SMILES string of the molecule is O=C(Nc1cc2cc(-c3cnc4n3CCNC4)ncc2cn1)C1CCN(CC2(C(F)(F)F)CC2)CC1. The number of nitrogens with one attached hydrogen (secondary N) is 2. The van der Waals surface area contributed by atoms with Gasteiger partial charge in [0.25, 0.3) is 0 Å². The van der Waals surface area contributed by atoms with Crippen molar-refractivity contribution in [3.05, 3.63) is 36.5 Å². The van der Waals surface area contributed by atoms with E-state index in [2.05, 4.69) is 30.2 Å². The Morgan fingerprint density at radius 2 is 1.83 bits per heavy atom. The van der Waals surface area contributed by atoms with Gasteiger partial charge < -0.3 is 20.1 Å². The molecule has 1 amide bonds. The Hall–Kier alpha value is -3.05. The maximum absolute atomic E-state index is 13.3. The average molecular weight is 500 g/mol. The summed E-state index contributed by atoms with van der Waals surface area (Å²) in [6.45, 7) is 3.49. The minimum Gasteiger partial charge on any atom is -0.324 e. The van der Waals surface area contributed by atoms with Crippen LogP contribution in [0.15, 0.2) is 30.7 Å². The Balaban J connectivity index is 1.11. The number of carbonyl (C=O) groups is 1. The van der Waals surface area contributed by atoms with E-state index in [-0.39, 0.29) is 31.2 Å². The zero-order valence-electron chi connectivity index (χ0n) is 19.8. The van der Waals surface area contributed by atoms with Crippen molar-refractivity contribution in [2.24, 2.45) is 11.3 Å². The van der Waals surface area contributed by atoms with Crippen LogP contribution in [0.1, 0.15) is 31.5 Å². The fraction of sp³-hybridized carbons (Fsp3) is 0.520. The predicted molar refractivity (Wildman–Crippen MR) is 128 cm³/mol. The number of likely N-dealkylation sites (tertiary alicyclic amines) is 1. The summed E-state index contributed by atoms with van der Waals surface area (Å²) in [5, 5.41) is 8.00. The highest BCUT2D eigenvalue weighted by atomic mass is 19.4. The molecule has 1 aliphatic carbocycles. The summed E-state index contributed by atoms with van der Waals surface area (Å²) < 4.78 is 42.0. The lowest BCUT2D eigenvalue weighted by Gasteiger charge is -2.34. The molecule has 1 saturated carbocycles. The van der Waals surface area contributed by atoms with Crippen molar-refractivity contribution in [1.82, 2.24) is 29.7 Å². The van der Waals surface area contributed by atoms with E-state index in [0.29, 0.717) is 31.7 Å². The van der Waals surface area contributed by atoms with Crippen LogP contribution in [-0.4, -0.2) is 62.7 Å². The first-order valence-corrected chi connectivity index (χ1v) is 12.4. The van der Waals surface area contributed by atoms with Gasteiger partial charge in [-0.25, -0.2) is 9.97 Å². The van der Waals surface area contributed by atoms with Crippen molar-refractivity contribution in [3.8, 4) is 11.4 Å². The van der Waals surface area contributed by atoms with Crippen LogP contribution in [0.5, 0.6) is 0 Å². The van der Waals surface area contributed by atoms with E-state index in [1.807, 2.05) is 23.2 Å². The van der Waals surface area contributed by atoms with Crippen molar-refractivity contribution in [1.29, 1.82) is 0 Å². The summed E-state index contributed by atoms with van der Waals surface area (Å²) in [6, 6.07) is 3.81. The summed E-state index contributed by atoms with van der Waals surface area (Å²) in [7, 11) is 0. The van der Waals surface area contributed by atoms with Gasteiger partial charge >= 0.3 is 6.18 Å². The molecule has 0 unspecified atom stereocenters. The maximum atomic E-state index is 13.3. The topological polar surface area (TPSA) is 88.0 Å². The van der Waals surface area contributed by atoms with Gasteiger partial charge in [-0.15, -0.1) is 0 Å². The van der Waals surface area contributed by atoms with Crippen LogP contribution in [0.4, 0.5) is 19.0 Å². The first kappa shape index (κ1) is 23.4. The van der Waals surface area contributed by atoms with Gasteiger partial charge in [0.1, 0.15) is 11.6 Å². The summed E-state index contributed by atoms with van der Waals surface area (Å²) in [4.78, 5) is 28.2. The van der Waals surface area contributed by atoms with Gasteiger partial charge in [-0.2, -0.15) is 13.2 Å². The van der Waals surface area contributed by atoms with Crippen molar-refractivity contribution in [2.45, 2.75) is 44.9 Å². The standard InChI is InChI=1S/C25H28F3N7O/c26-25(27,28)24(3-4-24)15-34-6-1-16(2-7-34)23(36)33-21-10-17-9-19(30-11-18(17)12-31-21)20-13-32-22-14-29-5-8-35(20)22/h9-13,16,29H,1-8,14-15H2,(H,31,33,36). The lowest BCUT2D eigenvalue weighted by Crippen LogP contribution is -2.44. The van der Waals surface area contributed by atoms with Crippen LogP contribution in [-0.2, 0) is 17.9 Å². The Labute approximate surface area is 206 Å². The molecule has 0 aromatic carbocycles. The lowest BCUT2D eigenvalue weighted by atomic mass is 9.94. The molecule has 5 heterocycles. The van der Waals surface area contributed by atoms with Crippen LogP contribution in [0, 0.1) is 11.3 Å².